The third kappa shape index (κ3) is 18.3. The molecule has 12 heterocycles. The Labute approximate surface area is 726 Å². The SMILES string of the molecule is O=C1CC(C2CCC(C3CC(=O)OC(=O)C3)CC2)CC(=O)O1.O=C1CC(C2CCC(C3CC(=O)OC3=O)CC2)C(=O)O1.O=C1CC(c2ccc(C3CC(=O)OC(=O)C3)cc2)CC(=O)O1.O=C1CC(c2ccc(C3CC(=O)OC3=O)cc2)C(=O)O1.O=C1OC(=O)C2C3CC(C12)C1C2C(=O)OC(=O)C2C31.O=C1OC(=O)C2CC(S(=O)(=O)C3CCC4C(=O)OC(=O)C4C3)CCC12. The molecule has 0 amide bonds. The minimum atomic E-state index is -3.58. The Morgan fingerprint density at radius 3 is 0.766 bits per heavy atom. The van der Waals surface area contributed by atoms with Gasteiger partial charge in [-0.05, 0) is 178 Å². The van der Waals surface area contributed by atoms with Crippen molar-refractivity contribution in [2.45, 2.75) is 208 Å². The topological polar surface area (TPSA) is 555 Å². The van der Waals surface area contributed by atoms with Gasteiger partial charge in [0.1, 0.15) is 0 Å². The number of hydrogen-bond donors (Lipinski definition) is 0. The second-order valence-electron chi connectivity index (χ2n) is 36.6. The van der Waals surface area contributed by atoms with Gasteiger partial charge in [0.2, 0.25) is 0 Å². The van der Waals surface area contributed by atoms with Crippen LogP contribution < -0.4 is 0 Å². The molecular formula is C89H88O38S. The number of ether oxygens (including phenoxy) is 12. The van der Waals surface area contributed by atoms with Crippen molar-refractivity contribution >= 4 is 153 Å². The summed E-state index contributed by atoms with van der Waals surface area (Å²) in [5, 5.41) is -1.44. The summed E-state index contributed by atoms with van der Waals surface area (Å²) >= 11 is 0. The predicted molar refractivity (Wildman–Crippen MR) is 408 cm³/mol. The van der Waals surface area contributed by atoms with Crippen LogP contribution in [0.5, 0.6) is 0 Å². The van der Waals surface area contributed by atoms with Gasteiger partial charge in [-0.2, -0.15) is 0 Å². The molecule has 7 aliphatic carbocycles. The van der Waals surface area contributed by atoms with Crippen LogP contribution in [0.25, 0.3) is 0 Å². The Bertz CT molecular complexity index is 4860. The van der Waals surface area contributed by atoms with E-state index in [2.05, 4.69) is 47.4 Å². The van der Waals surface area contributed by atoms with Crippen molar-refractivity contribution in [3.05, 3.63) is 70.8 Å². The standard InChI is InChI=1S/C16H18O8S.C16H20O6.C16H14O6.C14H16O6.C14H10O6.C13H10O6/c17-13-9-3-1-7(5-11(9)15(19)23-13)25(21,22)8-2-4-10-12(6-8)16(20)24-14(10)18;2*17-13-5-11(6-14(18)21-13)9-1-2-10(4-3-9)12-7-15(19)22-16(20)8-12;2*15-11-5-9(13(17)19-11)7-1-2-8(4-3-7)10-6-12(16)20-14(10)18;14-10-6-2-1-3(7(6)11(15)18-10)5-4(2)8-9(5)13(17)19-12(8)16/h7-12H,1-6H2;9-12H,1-8H2;1-4,11-12H,5-8H2;7-10H,1-6H2;1-4,9-10H,5-6H2;2-9H,1H2. The van der Waals surface area contributed by atoms with Gasteiger partial charge < -0.3 is 56.8 Å². The molecule has 2 bridgehead atoms. The molecule has 21 rings (SSSR count). The first kappa shape index (κ1) is 89.5. The van der Waals surface area contributed by atoms with Crippen LogP contribution in [0.15, 0.2) is 48.5 Å². The number of sulfone groups is 1. The van der Waals surface area contributed by atoms with Gasteiger partial charge >= 0.3 is 143 Å². The summed E-state index contributed by atoms with van der Waals surface area (Å²) in [6.07, 6.45) is 11.5. The van der Waals surface area contributed by atoms with Crippen LogP contribution in [0.1, 0.15) is 219 Å². The molecule has 38 nitrogen and oxygen atoms in total. The molecule has 19 aliphatic rings. The fourth-order valence-corrected chi connectivity index (χ4v) is 25.8. The lowest BCUT2D eigenvalue weighted by Crippen LogP contribution is -2.55. The van der Waals surface area contributed by atoms with E-state index in [9.17, 15) is 123 Å². The lowest BCUT2D eigenvalue weighted by molar-refractivity contribution is -0.169. The van der Waals surface area contributed by atoms with E-state index in [1.165, 1.54) is 0 Å². The average molecular weight is 1800 g/mol. The highest BCUT2D eigenvalue weighted by atomic mass is 32.2. The normalized spacial score (nSPS) is 35.4. The van der Waals surface area contributed by atoms with Gasteiger partial charge in [-0.15, -0.1) is 0 Å². The number of fused-ring (bicyclic) bond motifs is 13. The van der Waals surface area contributed by atoms with Gasteiger partial charge in [0.05, 0.1) is 133 Å². The molecule has 18 unspecified atom stereocenters. The summed E-state index contributed by atoms with van der Waals surface area (Å²) in [7, 11) is -3.58. The molecule has 2 aromatic rings. The van der Waals surface area contributed by atoms with Crippen molar-refractivity contribution < 1.29 is 180 Å². The Hall–Kier alpha value is -11.9. The first-order valence-corrected chi connectivity index (χ1v) is 45.0. The van der Waals surface area contributed by atoms with Crippen LogP contribution in [0, 0.1) is 118 Å². The summed E-state index contributed by atoms with van der Waals surface area (Å²) in [5.41, 5.74) is 3.06. The summed E-state index contributed by atoms with van der Waals surface area (Å²) in [4.78, 5) is 275. The van der Waals surface area contributed by atoms with Crippen LogP contribution in [0.4, 0.5) is 0 Å². The molecule has 2 aromatic carbocycles. The molecule has 39 heteroatoms. The summed E-state index contributed by atoms with van der Waals surface area (Å²) in [5.74, 6) is -16.6. The lowest BCUT2D eigenvalue weighted by atomic mass is 9.49. The van der Waals surface area contributed by atoms with Gasteiger partial charge in [-0.3, -0.25) is 115 Å². The fourth-order valence-electron chi connectivity index (χ4n) is 23.4. The maximum absolute atomic E-state index is 13.0. The van der Waals surface area contributed by atoms with E-state index in [0.717, 1.165) is 68.9 Å². The van der Waals surface area contributed by atoms with Crippen LogP contribution in [0.2, 0.25) is 0 Å². The van der Waals surface area contributed by atoms with Crippen molar-refractivity contribution in [1.29, 1.82) is 0 Å². The van der Waals surface area contributed by atoms with Crippen molar-refractivity contribution in [1.82, 2.24) is 0 Å². The average Bonchev–Trinajstić information content (AvgIpc) is 1.50. The van der Waals surface area contributed by atoms with Gasteiger partial charge in [-0.25, -0.2) is 8.42 Å². The first-order valence-electron chi connectivity index (χ1n) is 43.4. The Kier molecular flexibility index (Phi) is 25.4. The lowest BCUT2D eigenvalue weighted by Gasteiger charge is -2.49. The number of rotatable bonds is 10. The second kappa shape index (κ2) is 36.3. The second-order valence-corrected chi connectivity index (χ2v) is 39.1. The van der Waals surface area contributed by atoms with E-state index in [0.29, 0.717) is 74.3 Å². The van der Waals surface area contributed by atoms with E-state index in [1.807, 2.05) is 24.3 Å². The van der Waals surface area contributed by atoms with Crippen LogP contribution in [-0.2, 0) is 182 Å². The molecule has 0 N–H and O–H groups in total. The molecule has 0 aromatic heterocycles. The Morgan fingerprint density at radius 1 is 0.203 bits per heavy atom. The molecule has 12 saturated heterocycles. The highest BCUT2D eigenvalue weighted by Gasteiger charge is 2.78. The maximum Gasteiger partial charge on any atom is 0.321 e. The molecule has 19 fully saturated rings. The molecule has 0 spiro atoms. The third-order valence-electron chi connectivity index (χ3n) is 29.7. The highest BCUT2D eigenvalue weighted by molar-refractivity contribution is 7.92. The number of hydrogen-bond acceptors (Lipinski definition) is 38. The minimum Gasteiger partial charge on any atom is -0.393 e. The number of carbonyl (C=O) groups is 24. The summed E-state index contributed by atoms with van der Waals surface area (Å²) < 4.78 is 81.1. The largest absolute Gasteiger partial charge is 0.393 e. The first-order chi connectivity index (χ1) is 61.0. The minimum absolute atomic E-state index is 0.0126. The molecule has 128 heavy (non-hydrogen) atoms. The highest BCUT2D eigenvalue weighted by Crippen LogP contribution is 2.72. The number of carbonyl (C=O) groups excluding carboxylic acids is 24. The van der Waals surface area contributed by atoms with Gasteiger partial charge in [-0.1, -0.05) is 48.5 Å². The Morgan fingerprint density at radius 2 is 0.461 bits per heavy atom. The zero-order valence-electron chi connectivity index (χ0n) is 68.6. The molecule has 12 aliphatic heterocycles. The molecular weight excluding hydrogens is 1710 g/mol. The van der Waals surface area contributed by atoms with Crippen LogP contribution in [-0.4, -0.2) is 162 Å². The van der Waals surface area contributed by atoms with Gasteiger partial charge in [0, 0.05) is 37.5 Å². The smallest absolute Gasteiger partial charge is 0.321 e. The zero-order chi connectivity index (χ0) is 90.9. The molecule has 7 saturated carbocycles. The van der Waals surface area contributed by atoms with E-state index < -0.39 is 199 Å². The van der Waals surface area contributed by atoms with Crippen molar-refractivity contribution in [2.24, 2.45) is 118 Å². The number of benzene rings is 2. The predicted octanol–water partition coefficient (Wildman–Crippen LogP) is 4.76. The summed E-state index contributed by atoms with van der Waals surface area (Å²) in [6, 6.07) is 14.0. The fraction of sp³-hybridized carbons (Fsp3) is 0.596. The Balaban J connectivity index is 0.000000113. The van der Waals surface area contributed by atoms with E-state index >= 15 is 0 Å². The van der Waals surface area contributed by atoms with Crippen LogP contribution >= 0.6 is 0 Å². The number of esters is 24. The molecule has 678 valence electrons. The van der Waals surface area contributed by atoms with Crippen LogP contribution in [0.3, 0.4) is 0 Å². The van der Waals surface area contributed by atoms with Crippen molar-refractivity contribution in [3.8, 4) is 0 Å². The van der Waals surface area contributed by atoms with Crippen molar-refractivity contribution in [2.75, 3.05) is 0 Å². The van der Waals surface area contributed by atoms with Crippen molar-refractivity contribution in [3.63, 3.8) is 0 Å². The molecule has 0 radical (unpaired) electrons. The zero-order valence-corrected chi connectivity index (χ0v) is 69.5. The monoisotopic (exact) mass is 1800 g/mol. The third-order valence-corrected chi connectivity index (χ3v) is 32.4. The number of cyclic esters (lactones) is 24. The van der Waals surface area contributed by atoms with E-state index in [-0.39, 0.29) is 159 Å². The quantitative estimate of drug-likeness (QED) is 0.134. The van der Waals surface area contributed by atoms with Gasteiger partial charge in [0.25, 0.3) is 0 Å². The van der Waals surface area contributed by atoms with Gasteiger partial charge in [0.15, 0.2) is 9.84 Å². The molecule has 18 atom stereocenters. The summed E-state index contributed by atoms with van der Waals surface area (Å²) in [6.45, 7) is 0. The maximum atomic E-state index is 13.0. The van der Waals surface area contributed by atoms with E-state index in [1.54, 1.807) is 24.3 Å². The van der Waals surface area contributed by atoms with E-state index in [4.69, 9.17) is 9.47 Å².